The quantitative estimate of drug-likeness (QED) is 0.374. The summed E-state index contributed by atoms with van der Waals surface area (Å²) in [5.41, 5.74) is 0.340. The first-order valence-corrected chi connectivity index (χ1v) is 3.19. The summed E-state index contributed by atoms with van der Waals surface area (Å²) in [4.78, 5) is 9.42. The highest BCUT2D eigenvalue weighted by atomic mass is 35.5. The molecule has 0 amide bonds. The van der Waals surface area contributed by atoms with Crippen LogP contribution in [0, 0.1) is 10.1 Å². The SMILES string of the molecule is C=C(C)/C(Cl)=C\C(=C)[N+](=O)[O-]. The summed E-state index contributed by atoms with van der Waals surface area (Å²) in [6, 6.07) is 0. The normalized spacial score (nSPS) is 10.9. The van der Waals surface area contributed by atoms with E-state index in [0.717, 1.165) is 0 Å². The van der Waals surface area contributed by atoms with Gasteiger partial charge in [0.15, 0.2) is 0 Å². The number of allylic oxidation sites excluding steroid dienone is 3. The first kappa shape index (κ1) is 9.91. The van der Waals surface area contributed by atoms with Gasteiger partial charge in [0.2, 0.25) is 0 Å². The summed E-state index contributed by atoms with van der Waals surface area (Å²) in [6.07, 6.45) is 1.17. The van der Waals surface area contributed by atoms with Crippen LogP contribution in [0.3, 0.4) is 0 Å². The van der Waals surface area contributed by atoms with E-state index in [1.54, 1.807) is 6.92 Å². The lowest BCUT2D eigenvalue weighted by atomic mass is 10.3. The molecule has 3 nitrogen and oxygen atoms in total. The molecular formula is C7H8ClNO2. The van der Waals surface area contributed by atoms with E-state index in [0.29, 0.717) is 5.57 Å². The predicted octanol–water partition coefficient (Wildman–Crippen LogP) is 2.48. The number of nitro groups is 1. The van der Waals surface area contributed by atoms with Crippen molar-refractivity contribution in [1.29, 1.82) is 0 Å². The van der Waals surface area contributed by atoms with Crippen molar-refractivity contribution in [2.45, 2.75) is 6.92 Å². The number of rotatable bonds is 3. The minimum absolute atomic E-state index is 0.238. The molecule has 0 aliphatic carbocycles. The van der Waals surface area contributed by atoms with E-state index < -0.39 is 4.92 Å². The Bertz CT molecular complexity index is 243. The average Bonchev–Trinajstić information content (AvgIpc) is 1.87. The lowest BCUT2D eigenvalue weighted by Gasteiger charge is -1.93. The van der Waals surface area contributed by atoms with Crippen molar-refractivity contribution in [1.82, 2.24) is 0 Å². The maximum absolute atomic E-state index is 10.0. The topological polar surface area (TPSA) is 43.1 Å². The second kappa shape index (κ2) is 3.93. The van der Waals surface area contributed by atoms with Crippen LogP contribution in [0.1, 0.15) is 6.92 Å². The van der Waals surface area contributed by atoms with Crippen LogP contribution in [0.2, 0.25) is 0 Å². The maximum atomic E-state index is 10.0. The summed E-state index contributed by atoms with van der Waals surface area (Å²) in [5, 5.41) is 10.3. The van der Waals surface area contributed by atoms with Gasteiger partial charge in [0.05, 0.1) is 4.92 Å². The Morgan fingerprint density at radius 3 is 2.36 bits per heavy atom. The molecule has 0 bridgehead atoms. The van der Waals surface area contributed by atoms with Crippen LogP contribution in [-0.2, 0) is 0 Å². The maximum Gasteiger partial charge on any atom is 0.263 e. The first-order valence-electron chi connectivity index (χ1n) is 2.81. The highest BCUT2D eigenvalue weighted by molar-refractivity contribution is 6.32. The number of hydrogen-bond donors (Lipinski definition) is 0. The van der Waals surface area contributed by atoms with Crippen LogP contribution < -0.4 is 0 Å². The number of nitrogens with zero attached hydrogens (tertiary/aromatic N) is 1. The monoisotopic (exact) mass is 173 g/mol. The van der Waals surface area contributed by atoms with Crippen LogP contribution in [0.25, 0.3) is 0 Å². The summed E-state index contributed by atoms with van der Waals surface area (Å²) in [7, 11) is 0. The molecule has 11 heavy (non-hydrogen) atoms. The van der Waals surface area contributed by atoms with E-state index in [1.807, 2.05) is 0 Å². The van der Waals surface area contributed by atoms with E-state index in [1.165, 1.54) is 6.08 Å². The number of halogens is 1. The molecule has 0 radical (unpaired) electrons. The minimum Gasteiger partial charge on any atom is -0.258 e. The summed E-state index contributed by atoms with van der Waals surface area (Å²) in [6.45, 7) is 8.34. The Hall–Kier alpha value is -1.09. The molecule has 0 saturated carbocycles. The van der Waals surface area contributed by atoms with Crippen molar-refractivity contribution in [3.8, 4) is 0 Å². The van der Waals surface area contributed by atoms with E-state index >= 15 is 0 Å². The number of hydrogen-bond acceptors (Lipinski definition) is 2. The first-order chi connectivity index (χ1) is 4.95. The third-order valence-corrected chi connectivity index (χ3v) is 1.37. The van der Waals surface area contributed by atoms with Gasteiger partial charge in [-0.3, -0.25) is 10.1 Å². The molecule has 0 rings (SSSR count). The van der Waals surface area contributed by atoms with Crippen molar-refractivity contribution in [2.24, 2.45) is 0 Å². The third kappa shape index (κ3) is 3.57. The van der Waals surface area contributed by atoms with Gasteiger partial charge in [-0.2, -0.15) is 0 Å². The zero-order chi connectivity index (χ0) is 9.02. The fourth-order valence-corrected chi connectivity index (χ4v) is 0.448. The van der Waals surface area contributed by atoms with Gasteiger partial charge >= 0.3 is 0 Å². The van der Waals surface area contributed by atoms with E-state index in [4.69, 9.17) is 11.6 Å². The van der Waals surface area contributed by atoms with Crippen LogP contribution in [-0.4, -0.2) is 4.92 Å². The molecule has 0 aromatic heterocycles. The highest BCUT2D eigenvalue weighted by Gasteiger charge is 2.03. The van der Waals surface area contributed by atoms with Gasteiger partial charge in [0, 0.05) is 11.1 Å². The minimum atomic E-state index is -0.606. The summed E-state index contributed by atoms with van der Waals surface area (Å²) < 4.78 is 0. The Kier molecular flexibility index (Phi) is 3.54. The van der Waals surface area contributed by atoms with E-state index in [9.17, 15) is 10.1 Å². The largest absolute Gasteiger partial charge is 0.263 e. The fourth-order valence-electron chi connectivity index (χ4n) is 0.322. The predicted molar refractivity (Wildman–Crippen MR) is 44.9 cm³/mol. The lowest BCUT2D eigenvalue weighted by Crippen LogP contribution is -1.93. The summed E-state index contributed by atoms with van der Waals surface area (Å²) in [5.74, 6) is 0. The van der Waals surface area contributed by atoms with Crippen molar-refractivity contribution in [3.05, 3.63) is 45.7 Å². The molecule has 4 heteroatoms. The van der Waals surface area contributed by atoms with Gasteiger partial charge in [-0.25, -0.2) is 0 Å². The summed E-state index contributed by atoms with van der Waals surface area (Å²) >= 11 is 5.55. The molecule has 0 aliphatic heterocycles. The lowest BCUT2D eigenvalue weighted by molar-refractivity contribution is -0.418. The Labute approximate surface area is 69.8 Å². The second-order valence-corrected chi connectivity index (χ2v) is 2.43. The molecule has 0 atom stereocenters. The van der Waals surface area contributed by atoms with Gasteiger partial charge in [-0.15, -0.1) is 0 Å². The Morgan fingerprint density at radius 2 is 2.09 bits per heavy atom. The standard InChI is InChI=1S/C7H8ClNO2/c1-5(2)7(8)4-6(3)9(10)11/h4H,1,3H2,2H3/b7-4+. The average molecular weight is 174 g/mol. The molecule has 60 valence electrons. The van der Waals surface area contributed by atoms with Crippen LogP contribution in [0.5, 0.6) is 0 Å². The fraction of sp³-hybridized carbons (Fsp3) is 0.143. The Morgan fingerprint density at radius 1 is 1.64 bits per heavy atom. The molecule has 0 aliphatic rings. The van der Waals surface area contributed by atoms with E-state index in [2.05, 4.69) is 13.2 Å². The van der Waals surface area contributed by atoms with Crippen molar-refractivity contribution < 1.29 is 4.92 Å². The molecule has 0 spiro atoms. The van der Waals surface area contributed by atoms with E-state index in [-0.39, 0.29) is 10.7 Å². The Balaban J connectivity index is 4.44. The highest BCUT2D eigenvalue weighted by Crippen LogP contribution is 2.13. The van der Waals surface area contributed by atoms with Gasteiger partial charge in [0.25, 0.3) is 5.70 Å². The van der Waals surface area contributed by atoms with Gasteiger partial charge in [0.1, 0.15) is 0 Å². The molecule has 0 aromatic carbocycles. The molecule has 0 heterocycles. The molecular weight excluding hydrogens is 166 g/mol. The van der Waals surface area contributed by atoms with Crippen LogP contribution >= 0.6 is 11.6 Å². The molecule has 0 N–H and O–H groups in total. The third-order valence-electron chi connectivity index (χ3n) is 0.936. The van der Waals surface area contributed by atoms with Gasteiger partial charge < -0.3 is 0 Å². The smallest absolute Gasteiger partial charge is 0.258 e. The molecule has 0 fully saturated rings. The van der Waals surface area contributed by atoms with Gasteiger partial charge in [-0.05, 0) is 19.1 Å². The van der Waals surface area contributed by atoms with Crippen molar-refractivity contribution in [2.75, 3.05) is 0 Å². The van der Waals surface area contributed by atoms with Crippen LogP contribution in [0.4, 0.5) is 0 Å². The van der Waals surface area contributed by atoms with Gasteiger partial charge in [-0.1, -0.05) is 18.2 Å². The zero-order valence-corrected chi connectivity index (χ0v) is 6.89. The molecule has 0 saturated heterocycles. The van der Waals surface area contributed by atoms with Crippen molar-refractivity contribution in [3.63, 3.8) is 0 Å². The second-order valence-electron chi connectivity index (χ2n) is 2.02. The zero-order valence-electron chi connectivity index (χ0n) is 6.13. The molecule has 0 unspecified atom stereocenters. The van der Waals surface area contributed by atoms with Crippen molar-refractivity contribution >= 4 is 11.6 Å². The van der Waals surface area contributed by atoms with Crippen LogP contribution in [0.15, 0.2) is 35.5 Å². The molecule has 0 aromatic rings.